The number of rotatable bonds is 3. The maximum atomic E-state index is 4.25. The first-order valence-corrected chi connectivity index (χ1v) is 5.86. The summed E-state index contributed by atoms with van der Waals surface area (Å²) >= 11 is 1.65. The predicted molar refractivity (Wildman–Crippen MR) is 61.9 cm³/mol. The zero-order chi connectivity index (χ0) is 10.7. The second-order valence-corrected chi connectivity index (χ2v) is 4.50. The first kappa shape index (κ1) is 10.2. The average Bonchev–Trinajstić information content (AvgIpc) is 2.68. The van der Waals surface area contributed by atoms with Crippen LogP contribution < -0.4 is 0 Å². The number of aryl methyl sites for hydroxylation is 2. The molecule has 2 aromatic heterocycles. The van der Waals surface area contributed by atoms with Gasteiger partial charge in [-0.25, -0.2) is 0 Å². The van der Waals surface area contributed by atoms with Crippen LogP contribution in [0.15, 0.2) is 18.3 Å². The smallest absolute Gasteiger partial charge is 0.149 e. The molecule has 78 valence electrons. The van der Waals surface area contributed by atoms with Crippen LogP contribution in [0.3, 0.4) is 0 Å². The van der Waals surface area contributed by atoms with Crippen LogP contribution in [0.5, 0.6) is 0 Å². The van der Waals surface area contributed by atoms with Gasteiger partial charge in [0.2, 0.25) is 0 Å². The standard InChI is InChI=1S/C11H13N3S/c1-3-4-10-13-14-11(15-10)9-6-5-8(2)12-7-9/h5-7H,3-4H2,1-2H3. The van der Waals surface area contributed by atoms with E-state index < -0.39 is 0 Å². The van der Waals surface area contributed by atoms with E-state index in [9.17, 15) is 0 Å². The van der Waals surface area contributed by atoms with Crippen LogP contribution in [0.2, 0.25) is 0 Å². The quantitative estimate of drug-likeness (QED) is 0.796. The van der Waals surface area contributed by atoms with Gasteiger partial charge in [0.1, 0.15) is 10.0 Å². The van der Waals surface area contributed by atoms with Gasteiger partial charge in [-0.15, -0.1) is 10.2 Å². The van der Waals surface area contributed by atoms with Crippen LogP contribution >= 0.6 is 11.3 Å². The lowest BCUT2D eigenvalue weighted by Crippen LogP contribution is -1.82. The molecule has 0 saturated carbocycles. The average molecular weight is 219 g/mol. The van der Waals surface area contributed by atoms with Gasteiger partial charge in [0, 0.05) is 23.9 Å². The molecule has 0 aliphatic rings. The highest BCUT2D eigenvalue weighted by molar-refractivity contribution is 7.14. The van der Waals surface area contributed by atoms with Crippen LogP contribution in [-0.4, -0.2) is 15.2 Å². The fraction of sp³-hybridized carbons (Fsp3) is 0.364. The molecule has 0 spiro atoms. The Morgan fingerprint density at radius 1 is 1.27 bits per heavy atom. The van der Waals surface area contributed by atoms with Gasteiger partial charge in [0.15, 0.2) is 0 Å². The maximum Gasteiger partial charge on any atom is 0.149 e. The van der Waals surface area contributed by atoms with Crippen LogP contribution in [0.1, 0.15) is 24.0 Å². The summed E-state index contributed by atoms with van der Waals surface area (Å²) in [4.78, 5) is 4.25. The van der Waals surface area contributed by atoms with E-state index in [1.165, 1.54) is 0 Å². The SMILES string of the molecule is CCCc1nnc(-c2ccc(C)nc2)s1. The Bertz CT molecular complexity index is 433. The lowest BCUT2D eigenvalue weighted by Gasteiger charge is -1.94. The van der Waals surface area contributed by atoms with E-state index in [1.807, 2.05) is 25.3 Å². The molecular formula is C11H13N3S. The highest BCUT2D eigenvalue weighted by atomic mass is 32.1. The molecule has 2 aromatic rings. The van der Waals surface area contributed by atoms with Gasteiger partial charge in [-0.2, -0.15) is 0 Å². The van der Waals surface area contributed by atoms with Crippen LogP contribution in [0.25, 0.3) is 10.6 Å². The third-order valence-electron chi connectivity index (χ3n) is 2.09. The van der Waals surface area contributed by atoms with Gasteiger partial charge < -0.3 is 0 Å². The van der Waals surface area contributed by atoms with E-state index in [-0.39, 0.29) is 0 Å². The summed E-state index contributed by atoms with van der Waals surface area (Å²) in [5.41, 5.74) is 2.08. The Balaban J connectivity index is 2.25. The Labute approximate surface area is 93.2 Å². The molecule has 2 heterocycles. The Morgan fingerprint density at radius 3 is 2.80 bits per heavy atom. The van der Waals surface area contributed by atoms with Gasteiger partial charge in [-0.3, -0.25) is 4.98 Å². The summed E-state index contributed by atoms with van der Waals surface area (Å²) in [6, 6.07) is 4.04. The Kier molecular flexibility index (Phi) is 3.06. The molecule has 0 N–H and O–H groups in total. The molecule has 0 bridgehead atoms. The zero-order valence-corrected chi connectivity index (χ0v) is 9.71. The third-order valence-corrected chi connectivity index (χ3v) is 3.12. The van der Waals surface area contributed by atoms with E-state index in [1.54, 1.807) is 11.3 Å². The summed E-state index contributed by atoms with van der Waals surface area (Å²) in [6.07, 6.45) is 3.98. The predicted octanol–water partition coefficient (Wildman–Crippen LogP) is 2.86. The summed E-state index contributed by atoms with van der Waals surface area (Å²) in [5, 5.41) is 10.4. The van der Waals surface area contributed by atoms with E-state index in [0.717, 1.165) is 34.1 Å². The lowest BCUT2D eigenvalue weighted by atomic mass is 10.3. The van der Waals surface area contributed by atoms with E-state index in [2.05, 4.69) is 22.1 Å². The van der Waals surface area contributed by atoms with Crippen molar-refractivity contribution in [2.75, 3.05) is 0 Å². The van der Waals surface area contributed by atoms with Crippen molar-refractivity contribution in [2.45, 2.75) is 26.7 Å². The Morgan fingerprint density at radius 2 is 2.13 bits per heavy atom. The fourth-order valence-electron chi connectivity index (χ4n) is 1.28. The first-order valence-electron chi connectivity index (χ1n) is 5.05. The summed E-state index contributed by atoms with van der Waals surface area (Å²) in [7, 11) is 0. The fourth-order valence-corrected chi connectivity index (χ4v) is 2.21. The van der Waals surface area contributed by atoms with Gasteiger partial charge in [0.05, 0.1) is 0 Å². The Hall–Kier alpha value is -1.29. The molecule has 2 rings (SSSR count). The van der Waals surface area contributed by atoms with E-state index >= 15 is 0 Å². The number of aromatic nitrogens is 3. The van der Waals surface area contributed by atoms with Crippen molar-refractivity contribution in [3.05, 3.63) is 29.0 Å². The zero-order valence-electron chi connectivity index (χ0n) is 8.90. The van der Waals surface area contributed by atoms with Crippen molar-refractivity contribution >= 4 is 11.3 Å². The minimum Gasteiger partial charge on any atom is -0.261 e. The molecule has 3 nitrogen and oxygen atoms in total. The topological polar surface area (TPSA) is 38.7 Å². The second kappa shape index (κ2) is 4.49. The molecule has 0 aliphatic carbocycles. The molecule has 0 aliphatic heterocycles. The molecule has 0 aromatic carbocycles. The van der Waals surface area contributed by atoms with Crippen molar-refractivity contribution in [2.24, 2.45) is 0 Å². The third kappa shape index (κ3) is 2.39. The van der Waals surface area contributed by atoms with Gasteiger partial charge in [0.25, 0.3) is 0 Å². The van der Waals surface area contributed by atoms with Crippen LogP contribution in [0, 0.1) is 6.92 Å². The van der Waals surface area contributed by atoms with Crippen molar-refractivity contribution in [3.63, 3.8) is 0 Å². The van der Waals surface area contributed by atoms with E-state index in [0.29, 0.717) is 0 Å². The maximum absolute atomic E-state index is 4.25. The molecule has 0 fully saturated rings. The second-order valence-electron chi connectivity index (χ2n) is 3.44. The number of nitrogens with zero attached hydrogens (tertiary/aromatic N) is 3. The molecule has 4 heteroatoms. The lowest BCUT2D eigenvalue weighted by molar-refractivity contribution is 0.879. The van der Waals surface area contributed by atoms with Gasteiger partial charge in [-0.05, 0) is 25.5 Å². The largest absolute Gasteiger partial charge is 0.261 e. The molecular weight excluding hydrogens is 206 g/mol. The van der Waals surface area contributed by atoms with Crippen molar-refractivity contribution in [1.82, 2.24) is 15.2 Å². The van der Waals surface area contributed by atoms with Gasteiger partial charge in [-0.1, -0.05) is 18.3 Å². The molecule has 15 heavy (non-hydrogen) atoms. The monoisotopic (exact) mass is 219 g/mol. The first-order chi connectivity index (χ1) is 7.29. The summed E-state index contributed by atoms with van der Waals surface area (Å²) in [5.74, 6) is 0. The molecule has 0 unspecified atom stereocenters. The van der Waals surface area contributed by atoms with Gasteiger partial charge >= 0.3 is 0 Å². The summed E-state index contributed by atoms with van der Waals surface area (Å²) in [6.45, 7) is 4.13. The molecule has 0 saturated heterocycles. The minimum atomic E-state index is 0.964. The molecule has 0 radical (unpaired) electrons. The van der Waals surface area contributed by atoms with Crippen molar-refractivity contribution in [3.8, 4) is 10.6 Å². The number of hydrogen-bond acceptors (Lipinski definition) is 4. The summed E-state index contributed by atoms with van der Waals surface area (Å²) < 4.78 is 0. The van der Waals surface area contributed by atoms with Crippen LogP contribution in [0.4, 0.5) is 0 Å². The van der Waals surface area contributed by atoms with E-state index in [4.69, 9.17) is 0 Å². The highest BCUT2D eigenvalue weighted by Crippen LogP contribution is 2.23. The van der Waals surface area contributed by atoms with Crippen molar-refractivity contribution < 1.29 is 0 Å². The number of hydrogen-bond donors (Lipinski definition) is 0. The highest BCUT2D eigenvalue weighted by Gasteiger charge is 2.05. The minimum absolute atomic E-state index is 0.964. The molecule has 0 atom stereocenters. The number of pyridine rings is 1. The molecule has 0 amide bonds. The van der Waals surface area contributed by atoms with Crippen LogP contribution in [-0.2, 0) is 6.42 Å². The van der Waals surface area contributed by atoms with Crippen molar-refractivity contribution in [1.29, 1.82) is 0 Å². The normalized spacial score (nSPS) is 10.5.